The van der Waals surface area contributed by atoms with Crippen molar-refractivity contribution in [3.63, 3.8) is 0 Å². The highest BCUT2D eigenvalue weighted by atomic mass is 32.1. The zero-order valence-electron chi connectivity index (χ0n) is 11.5. The molecule has 5 heteroatoms. The van der Waals surface area contributed by atoms with Crippen molar-refractivity contribution in [3.05, 3.63) is 21.9 Å². The first-order valence-corrected chi connectivity index (χ1v) is 7.04. The molecule has 0 aliphatic heterocycles. The van der Waals surface area contributed by atoms with Crippen LogP contribution in [0, 0.1) is 6.92 Å². The predicted molar refractivity (Wildman–Crippen MR) is 76.0 cm³/mol. The van der Waals surface area contributed by atoms with E-state index in [0.717, 1.165) is 19.6 Å². The second kappa shape index (κ2) is 7.86. The number of aliphatic hydroxyl groups excluding tert-OH is 2. The molecule has 0 fully saturated rings. The minimum absolute atomic E-state index is 0.179. The van der Waals surface area contributed by atoms with E-state index >= 15 is 0 Å². The van der Waals surface area contributed by atoms with Gasteiger partial charge in [0.15, 0.2) is 0 Å². The molecule has 1 unspecified atom stereocenters. The summed E-state index contributed by atoms with van der Waals surface area (Å²) < 4.78 is 0. The van der Waals surface area contributed by atoms with Gasteiger partial charge in [0.2, 0.25) is 0 Å². The van der Waals surface area contributed by atoms with Gasteiger partial charge in [0.1, 0.15) is 0 Å². The van der Waals surface area contributed by atoms with Gasteiger partial charge in [0, 0.05) is 35.9 Å². The maximum absolute atomic E-state index is 9.57. The summed E-state index contributed by atoms with van der Waals surface area (Å²) in [5.41, 5.74) is 0. The minimum Gasteiger partial charge on any atom is -0.394 e. The Hall–Kier alpha value is -0.460. The molecule has 1 rings (SSSR count). The Balaban J connectivity index is 2.52. The highest BCUT2D eigenvalue weighted by Crippen LogP contribution is 2.17. The molecule has 2 N–H and O–H groups in total. The molecule has 0 saturated carbocycles. The van der Waals surface area contributed by atoms with Crippen LogP contribution >= 0.6 is 11.3 Å². The van der Waals surface area contributed by atoms with Crippen molar-refractivity contribution in [3.8, 4) is 0 Å². The second-order valence-electron chi connectivity index (χ2n) is 4.89. The fourth-order valence-electron chi connectivity index (χ4n) is 1.72. The SMILES string of the molecule is Cc1ccc(CN(CCN(C)C)CC(O)CO)s1. The molecule has 1 aromatic rings. The summed E-state index contributed by atoms with van der Waals surface area (Å²) in [6, 6.07) is 4.25. The molecular formula is C13H24N2O2S. The predicted octanol–water partition coefficient (Wildman–Crippen LogP) is 0.773. The summed E-state index contributed by atoms with van der Waals surface area (Å²) in [5.74, 6) is 0. The summed E-state index contributed by atoms with van der Waals surface area (Å²) in [7, 11) is 4.08. The van der Waals surface area contributed by atoms with Gasteiger partial charge in [0.25, 0.3) is 0 Å². The lowest BCUT2D eigenvalue weighted by molar-refractivity contribution is 0.0550. The maximum atomic E-state index is 9.57. The van der Waals surface area contributed by atoms with Crippen molar-refractivity contribution in [1.29, 1.82) is 0 Å². The van der Waals surface area contributed by atoms with Crippen LogP contribution in [0.15, 0.2) is 12.1 Å². The highest BCUT2D eigenvalue weighted by Gasteiger charge is 2.12. The molecule has 0 aliphatic carbocycles. The van der Waals surface area contributed by atoms with Gasteiger partial charge < -0.3 is 15.1 Å². The van der Waals surface area contributed by atoms with E-state index < -0.39 is 6.10 Å². The fourth-order valence-corrected chi connectivity index (χ4v) is 2.66. The Morgan fingerprint density at radius 1 is 1.28 bits per heavy atom. The number of rotatable bonds is 8. The van der Waals surface area contributed by atoms with Crippen LogP contribution in [0.1, 0.15) is 9.75 Å². The van der Waals surface area contributed by atoms with E-state index in [-0.39, 0.29) is 6.61 Å². The van der Waals surface area contributed by atoms with E-state index in [2.05, 4.69) is 28.9 Å². The Morgan fingerprint density at radius 3 is 2.50 bits per heavy atom. The third-order valence-corrected chi connectivity index (χ3v) is 3.70. The molecule has 1 atom stereocenters. The number of likely N-dealkylation sites (N-methyl/N-ethyl adjacent to an activating group) is 1. The Bertz CT molecular complexity index is 341. The molecule has 1 aromatic heterocycles. The average molecular weight is 272 g/mol. The van der Waals surface area contributed by atoms with Gasteiger partial charge in [-0.2, -0.15) is 0 Å². The lowest BCUT2D eigenvalue weighted by Crippen LogP contribution is -2.37. The topological polar surface area (TPSA) is 46.9 Å². The van der Waals surface area contributed by atoms with Gasteiger partial charge >= 0.3 is 0 Å². The van der Waals surface area contributed by atoms with Gasteiger partial charge in [-0.1, -0.05) is 0 Å². The molecule has 0 bridgehead atoms. The summed E-state index contributed by atoms with van der Waals surface area (Å²) >= 11 is 1.79. The molecule has 0 saturated heterocycles. The van der Waals surface area contributed by atoms with Crippen LogP contribution in [0.4, 0.5) is 0 Å². The van der Waals surface area contributed by atoms with Gasteiger partial charge in [-0.3, -0.25) is 4.90 Å². The number of hydrogen-bond acceptors (Lipinski definition) is 5. The maximum Gasteiger partial charge on any atom is 0.0897 e. The second-order valence-corrected chi connectivity index (χ2v) is 6.26. The molecule has 104 valence electrons. The standard InChI is InChI=1S/C13H24N2O2S/c1-11-4-5-13(18-11)9-15(7-6-14(2)3)8-12(17)10-16/h4-5,12,16-17H,6-10H2,1-3H3. The van der Waals surface area contributed by atoms with Crippen molar-refractivity contribution in [2.45, 2.75) is 19.6 Å². The Morgan fingerprint density at radius 2 is 2.00 bits per heavy atom. The average Bonchev–Trinajstić information content (AvgIpc) is 2.71. The first-order valence-electron chi connectivity index (χ1n) is 6.22. The summed E-state index contributed by atoms with van der Waals surface area (Å²) in [6.45, 7) is 5.11. The molecule has 0 amide bonds. The third kappa shape index (κ3) is 5.93. The highest BCUT2D eigenvalue weighted by molar-refractivity contribution is 7.11. The normalized spacial score (nSPS) is 13.5. The number of nitrogens with zero attached hydrogens (tertiary/aromatic N) is 2. The lowest BCUT2D eigenvalue weighted by atomic mass is 10.3. The Labute approximate surface area is 113 Å². The van der Waals surface area contributed by atoms with Crippen molar-refractivity contribution in [1.82, 2.24) is 9.80 Å². The van der Waals surface area contributed by atoms with E-state index in [1.807, 2.05) is 14.1 Å². The van der Waals surface area contributed by atoms with Crippen LogP contribution in [-0.2, 0) is 6.54 Å². The van der Waals surface area contributed by atoms with E-state index in [9.17, 15) is 5.11 Å². The van der Waals surface area contributed by atoms with Gasteiger partial charge in [-0.15, -0.1) is 11.3 Å². The van der Waals surface area contributed by atoms with Gasteiger partial charge in [-0.25, -0.2) is 0 Å². The Kier molecular flexibility index (Phi) is 6.81. The monoisotopic (exact) mass is 272 g/mol. The van der Waals surface area contributed by atoms with E-state index in [4.69, 9.17) is 5.11 Å². The first kappa shape index (κ1) is 15.6. The van der Waals surface area contributed by atoms with Crippen LogP contribution in [0.3, 0.4) is 0 Å². The smallest absolute Gasteiger partial charge is 0.0897 e. The number of aryl methyl sites for hydroxylation is 1. The number of hydrogen-bond donors (Lipinski definition) is 2. The largest absolute Gasteiger partial charge is 0.394 e. The van der Waals surface area contributed by atoms with E-state index in [1.54, 1.807) is 11.3 Å². The fraction of sp³-hybridized carbons (Fsp3) is 0.692. The third-order valence-electron chi connectivity index (χ3n) is 2.72. The van der Waals surface area contributed by atoms with Crippen molar-refractivity contribution < 1.29 is 10.2 Å². The summed E-state index contributed by atoms with van der Waals surface area (Å²) in [5, 5.41) is 18.5. The molecular weight excluding hydrogens is 248 g/mol. The minimum atomic E-state index is -0.659. The van der Waals surface area contributed by atoms with Crippen LogP contribution < -0.4 is 0 Å². The van der Waals surface area contributed by atoms with Crippen molar-refractivity contribution >= 4 is 11.3 Å². The molecule has 0 radical (unpaired) electrons. The summed E-state index contributed by atoms with van der Waals surface area (Å²) in [6.07, 6.45) is -0.659. The lowest BCUT2D eigenvalue weighted by Gasteiger charge is -2.25. The van der Waals surface area contributed by atoms with Crippen LogP contribution in [-0.4, -0.2) is 66.5 Å². The molecule has 4 nitrogen and oxygen atoms in total. The first-order chi connectivity index (χ1) is 8.51. The van der Waals surface area contributed by atoms with E-state index in [0.29, 0.717) is 6.54 Å². The van der Waals surface area contributed by atoms with E-state index in [1.165, 1.54) is 9.75 Å². The van der Waals surface area contributed by atoms with Crippen molar-refractivity contribution in [2.75, 3.05) is 40.3 Å². The zero-order chi connectivity index (χ0) is 13.5. The van der Waals surface area contributed by atoms with Crippen LogP contribution in [0.5, 0.6) is 0 Å². The van der Waals surface area contributed by atoms with Gasteiger partial charge in [-0.05, 0) is 33.2 Å². The zero-order valence-corrected chi connectivity index (χ0v) is 12.3. The summed E-state index contributed by atoms with van der Waals surface area (Å²) in [4.78, 5) is 6.92. The molecule has 0 aromatic carbocycles. The van der Waals surface area contributed by atoms with Crippen LogP contribution in [0.25, 0.3) is 0 Å². The molecule has 1 heterocycles. The van der Waals surface area contributed by atoms with Gasteiger partial charge in [0.05, 0.1) is 12.7 Å². The number of thiophene rings is 1. The quantitative estimate of drug-likeness (QED) is 0.734. The van der Waals surface area contributed by atoms with Crippen molar-refractivity contribution in [2.24, 2.45) is 0 Å². The molecule has 18 heavy (non-hydrogen) atoms. The van der Waals surface area contributed by atoms with Crippen LogP contribution in [0.2, 0.25) is 0 Å². The number of aliphatic hydroxyl groups is 2. The molecule has 0 spiro atoms. The molecule has 0 aliphatic rings.